The Morgan fingerprint density at radius 2 is 1.70 bits per heavy atom. The summed E-state index contributed by atoms with van der Waals surface area (Å²) in [7, 11) is 0. The Balaban J connectivity index is 1.66. The fourth-order valence-electron chi connectivity index (χ4n) is 3.74. The highest BCUT2D eigenvalue weighted by molar-refractivity contribution is 9.10. The van der Waals surface area contributed by atoms with Crippen molar-refractivity contribution in [3.63, 3.8) is 0 Å². The summed E-state index contributed by atoms with van der Waals surface area (Å²) in [4.78, 5) is 27.5. The molecule has 0 spiro atoms. The zero-order chi connectivity index (χ0) is 26.4. The molecule has 0 aromatic heterocycles. The molecule has 1 saturated heterocycles. The number of benzene rings is 3. The standard InChI is InChI=1S/C28H25BrN2O5S/c1-3-34-21-12-8-11-20(16-21)31-27(33)22(26(32)30-28(31)37)13-19-14-23(29)25(24(15-19)35-4-2)36-17-18-9-6-5-7-10-18/h5-16H,3-4,17H2,1-2H3,(H,30,32,37)/b22-13+. The van der Waals surface area contributed by atoms with E-state index < -0.39 is 11.8 Å². The summed E-state index contributed by atoms with van der Waals surface area (Å²) in [6, 6.07) is 20.3. The Morgan fingerprint density at radius 3 is 2.43 bits per heavy atom. The Kier molecular flexibility index (Phi) is 8.58. The number of amides is 2. The van der Waals surface area contributed by atoms with Crippen molar-refractivity contribution in [2.75, 3.05) is 18.1 Å². The molecule has 0 aliphatic carbocycles. The fourth-order valence-corrected chi connectivity index (χ4v) is 4.60. The average Bonchev–Trinajstić information content (AvgIpc) is 2.87. The molecule has 4 rings (SSSR count). The highest BCUT2D eigenvalue weighted by atomic mass is 79.9. The zero-order valence-corrected chi connectivity index (χ0v) is 22.7. The van der Waals surface area contributed by atoms with Gasteiger partial charge in [0, 0.05) is 6.07 Å². The number of anilines is 1. The van der Waals surface area contributed by atoms with E-state index in [4.69, 9.17) is 26.4 Å². The molecular weight excluding hydrogens is 556 g/mol. The van der Waals surface area contributed by atoms with Gasteiger partial charge in [-0.1, -0.05) is 36.4 Å². The van der Waals surface area contributed by atoms with Crippen LogP contribution in [0.1, 0.15) is 25.0 Å². The summed E-state index contributed by atoms with van der Waals surface area (Å²) in [6.45, 7) is 4.98. The molecule has 7 nitrogen and oxygen atoms in total. The van der Waals surface area contributed by atoms with Gasteiger partial charge < -0.3 is 14.2 Å². The van der Waals surface area contributed by atoms with Crippen LogP contribution < -0.4 is 24.4 Å². The van der Waals surface area contributed by atoms with Crippen molar-refractivity contribution in [1.29, 1.82) is 0 Å². The number of carbonyl (C=O) groups is 2. The number of halogens is 1. The van der Waals surface area contributed by atoms with Crippen LogP contribution >= 0.6 is 28.1 Å². The number of hydrogen-bond donors (Lipinski definition) is 1. The van der Waals surface area contributed by atoms with E-state index in [0.717, 1.165) is 5.56 Å². The van der Waals surface area contributed by atoms with Gasteiger partial charge >= 0.3 is 0 Å². The number of ether oxygens (including phenoxy) is 3. The van der Waals surface area contributed by atoms with Crippen LogP contribution in [0.15, 0.2) is 76.8 Å². The number of nitrogens with one attached hydrogen (secondary N) is 1. The number of carbonyl (C=O) groups excluding carboxylic acids is 2. The van der Waals surface area contributed by atoms with Crippen molar-refractivity contribution in [2.45, 2.75) is 20.5 Å². The molecule has 1 N–H and O–H groups in total. The van der Waals surface area contributed by atoms with Gasteiger partial charge in [0.2, 0.25) is 0 Å². The first kappa shape index (κ1) is 26.4. The third-order valence-corrected chi connectivity index (χ3v) is 6.23. The summed E-state index contributed by atoms with van der Waals surface area (Å²) in [5.41, 5.74) is 2.02. The first-order chi connectivity index (χ1) is 17.9. The summed E-state index contributed by atoms with van der Waals surface area (Å²) >= 11 is 8.86. The van der Waals surface area contributed by atoms with Crippen LogP contribution in [0.5, 0.6) is 17.2 Å². The molecule has 2 amide bonds. The van der Waals surface area contributed by atoms with Crippen molar-refractivity contribution in [3.8, 4) is 17.2 Å². The molecule has 0 atom stereocenters. The predicted molar refractivity (Wildman–Crippen MR) is 150 cm³/mol. The Labute approximate surface area is 229 Å². The molecule has 0 unspecified atom stereocenters. The van der Waals surface area contributed by atoms with Gasteiger partial charge in [-0.15, -0.1) is 0 Å². The molecule has 190 valence electrons. The minimum absolute atomic E-state index is 0.00152. The van der Waals surface area contributed by atoms with Gasteiger partial charge in [0.1, 0.15) is 17.9 Å². The van der Waals surface area contributed by atoms with Crippen molar-refractivity contribution >= 4 is 56.8 Å². The van der Waals surface area contributed by atoms with Crippen LogP contribution in [0.4, 0.5) is 5.69 Å². The lowest BCUT2D eigenvalue weighted by atomic mass is 10.1. The molecule has 3 aromatic rings. The highest BCUT2D eigenvalue weighted by Crippen LogP contribution is 2.38. The maximum Gasteiger partial charge on any atom is 0.270 e. The topological polar surface area (TPSA) is 77.1 Å². The molecule has 3 aromatic carbocycles. The number of hydrogen-bond acceptors (Lipinski definition) is 6. The lowest BCUT2D eigenvalue weighted by Crippen LogP contribution is -2.54. The zero-order valence-electron chi connectivity index (χ0n) is 20.3. The maximum absolute atomic E-state index is 13.4. The van der Waals surface area contributed by atoms with Crippen LogP contribution in [0.25, 0.3) is 6.08 Å². The smallest absolute Gasteiger partial charge is 0.270 e. The highest BCUT2D eigenvalue weighted by Gasteiger charge is 2.34. The van der Waals surface area contributed by atoms with Gasteiger partial charge in [-0.2, -0.15) is 0 Å². The van der Waals surface area contributed by atoms with Gasteiger partial charge in [-0.25, -0.2) is 0 Å². The minimum Gasteiger partial charge on any atom is -0.494 e. The quantitative estimate of drug-likeness (QED) is 0.200. The molecule has 1 aliphatic heterocycles. The molecule has 0 radical (unpaired) electrons. The Hall–Kier alpha value is -3.69. The summed E-state index contributed by atoms with van der Waals surface area (Å²) in [6.07, 6.45) is 1.51. The summed E-state index contributed by atoms with van der Waals surface area (Å²) in [5.74, 6) is 0.490. The second kappa shape index (κ2) is 12.0. The maximum atomic E-state index is 13.4. The van der Waals surface area contributed by atoms with Crippen molar-refractivity contribution in [1.82, 2.24) is 5.32 Å². The van der Waals surface area contributed by atoms with E-state index in [1.54, 1.807) is 36.4 Å². The number of thiocarbonyl (C=S) groups is 1. The van der Waals surface area contributed by atoms with Crippen molar-refractivity contribution < 1.29 is 23.8 Å². The van der Waals surface area contributed by atoms with Gasteiger partial charge in [-0.05, 0) is 83.5 Å². The summed E-state index contributed by atoms with van der Waals surface area (Å²) in [5, 5.41) is 2.61. The minimum atomic E-state index is -0.578. The largest absolute Gasteiger partial charge is 0.494 e. The lowest BCUT2D eigenvalue weighted by Gasteiger charge is -2.29. The predicted octanol–water partition coefficient (Wildman–Crippen LogP) is 5.66. The molecule has 1 fully saturated rings. The van der Waals surface area contributed by atoms with E-state index in [2.05, 4.69) is 21.2 Å². The number of nitrogens with zero attached hydrogens (tertiary/aromatic N) is 1. The number of rotatable bonds is 9. The average molecular weight is 581 g/mol. The van der Waals surface area contributed by atoms with Crippen LogP contribution in [0.3, 0.4) is 0 Å². The van der Waals surface area contributed by atoms with Gasteiger partial charge in [0.05, 0.1) is 23.4 Å². The van der Waals surface area contributed by atoms with E-state index in [9.17, 15) is 9.59 Å². The molecule has 0 bridgehead atoms. The van der Waals surface area contributed by atoms with Crippen LogP contribution in [-0.2, 0) is 16.2 Å². The van der Waals surface area contributed by atoms with Crippen LogP contribution in [0.2, 0.25) is 0 Å². The molecule has 0 saturated carbocycles. The molecule has 37 heavy (non-hydrogen) atoms. The van der Waals surface area contributed by atoms with Crippen LogP contribution in [0, 0.1) is 0 Å². The SMILES string of the molecule is CCOc1cccc(N2C(=O)/C(=C/c3cc(Br)c(OCc4ccccc4)c(OCC)c3)C(=O)NC2=S)c1. The van der Waals surface area contributed by atoms with Crippen LogP contribution in [-0.4, -0.2) is 30.1 Å². The van der Waals surface area contributed by atoms with Crippen molar-refractivity contribution in [3.05, 3.63) is 87.9 Å². The van der Waals surface area contributed by atoms with Gasteiger partial charge in [0.15, 0.2) is 16.6 Å². The molecular formula is C28H25BrN2O5S. The van der Waals surface area contributed by atoms with Gasteiger partial charge in [0.25, 0.3) is 11.8 Å². The van der Waals surface area contributed by atoms with E-state index in [1.165, 1.54) is 11.0 Å². The Morgan fingerprint density at radius 1 is 0.946 bits per heavy atom. The summed E-state index contributed by atoms with van der Waals surface area (Å²) < 4.78 is 18.0. The normalized spacial score (nSPS) is 14.5. The fraction of sp³-hybridized carbons (Fsp3) is 0.179. The second-order valence-corrected chi connectivity index (χ2v) is 9.17. The van der Waals surface area contributed by atoms with E-state index in [1.807, 2.05) is 44.2 Å². The molecule has 9 heteroatoms. The van der Waals surface area contributed by atoms with E-state index in [0.29, 0.717) is 52.8 Å². The monoisotopic (exact) mass is 580 g/mol. The Bertz CT molecular complexity index is 1360. The lowest BCUT2D eigenvalue weighted by molar-refractivity contribution is -0.122. The molecule has 1 heterocycles. The second-order valence-electron chi connectivity index (χ2n) is 7.93. The van der Waals surface area contributed by atoms with Gasteiger partial charge in [-0.3, -0.25) is 19.8 Å². The first-order valence-electron chi connectivity index (χ1n) is 11.7. The van der Waals surface area contributed by atoms with E-state index in [-0.39, 0.29) is 10.7 Å². The third-order valence-electron chi connectivity index (χ3n) is 5.36. The van der Waals surface area contributed by atoms with Crippen molar-refractivity contribution in [2.24, 2.45) is 0 Å². The first-order valence-corrected chi connectivity index (χ1v) is 12.9. The molecule has 1 aliphatic rings. The third kappa shape index (κ3) is 6.18. The van der Waals surface area contributed by atoms with E-state index >= 15 is 0 Å².